The van der Waals surface area contributed by atoms with Crippen molar-refractivity contribution in [1.29, 1.82) is 0 Å². The first-order valence-corrected chi connectivity index (χ1v) is 13.1. The molecule has 38 heavy (non-hydrogen) atoms. The predicted molar refractivity (Wildman–Crippen MR) is 148 cm³/mol. The smallest absolute Gasteiger partial charge is 0.271 e. The van der Waals surface area contributed by atoms with Gasteiger partial charge in [-0.15, -0.1) is 0 Å². The third kappa shape index (κ3) is 4.09. The number of ether oxygens (including phenoxy) is 1. The SMILES string of the molecule is C=CCOc1ccccc1C=c1sc2n(c1=O)C(c1cccc([N+](=O)[O-])c1)C1=C(N=2)c2ccccc2CC1. The maximum atomic E-state index is 13.9. The molecule has 4 aromatic rings. The minimum atomic E-state index is -0.482. The van der Waals surface area contributed by atoms with Crippen LogP contribution in [0.25, 0.3) is 11.8 Å². The highest BCUT2D eigenvalue weighted by Crippen LogP contribution is 2.41. The maximum Gasteiger partial charge on any atom is 0.271 e. The zero-order valence-corrected chi connectivity index (χ0v) is 21.2. The van der Waals surface area contributed by atoms with E-state index in [0.717, 1.165) is 28.8 Å². The van der Waals surface area contributed by atoms with Crippen LogP contribution in [0.2, 0.25) is 0 Å². The van der Waals surface area contributed by atoms with Crippen molar-refractivity contribution in [2.75, 3.05) is 6.61 Å². The van der Waals surface area contributed by atoms with Gasteiger partial charge in [0.05, 0.1) is 21.2 Å². The average molecular weight is 522 g/mol. The van der Waals surface area contributed by atoms with Crippen LogP contribution in [0.3, 0.4) is 0 Å². The molecule has 8 heteroatoms. The van der Waals surface area contributed by atoms with E-state index in [1.807, 2.05) is 48.5 Å². The van der Waals surface area contributed by atoms with Crippen molar-refractivity contribution in [2.24, 2.45) is 4.99 Å². The summed E-state index contributed by atoms with van der Waals surface area (Å²) >= 11 is 1.31. The van der Waals surface area contributed by atoms with Crippen LogP contribution in [0.5, 0.6) is 5.75 Å². The van der Waals surface area contributed by atoms with Crippen LogP contribution in [0.4, 0.5) is 5.69 Å². The summed E-state index contributed by atoms with van der Waals surface area (Å²) < 4.78 is 8.00. The highest BCUT2D eigenvalue weighted by atomic mass is 32.1. The number of nitro groups is 1. The summed E-state index contributed by atoms with van der Waals surface area (Å²) in [6.45, 7) is 4.06. The number of thiazole rings is 1. The molecule has 1 aliphatic carbocycles. The third-order valence-electron chi connectivity index (χ3n) is 6.83. The minimum Gasteiger partial charge on any atom is -0.489 e. The van der Waals surface area contributed by atoms with E-state index >= 15 is 0 Å². The topological polar surface area (TPSA) is 86.7 Å². The van der Waals surface area contributed by atoms with Crippen LogP contribution < -0.4 is 19.6 Å². The molecule has 2 aliphatic rings. The van der Waals surface area contributed by atoms with Crippen LogP contribution in [0, 0.1) is 10.1 Å². The van der Waals surface area contributed by atoms with Gasteiger partial charge in [-0.3, -0.25) is 19.5 Å². The number of aromatic nitrogens is 1. The van der Waals surface area contributed by atoms with Crippen molar-refractivity contribution >= 4 is 28.8 Å². The van der Waals surface area contributed by atoms with Gasteiger partial charge >= 0.3 is 0 Å². The molecular weight excluding hydrogens is 498 g/mol. The van der Waals surface area contributed by atoms with Gasteiger partial charge in [0.1, 0.15) is 12.4 Å². The Kier molecular flexibility index (Phi) is 6.09. The van der Waals surface area contributed by atoms with E-state index in [-0.39, 0.29) is 11.2 Å². The first-order chi connectivity index (χ1) is 18.5. The monoisotopic (exact) mass is 521 g/mol. The summed E-state index contributed by atoms with van der Waals surface area (Å²) in [5.74, 6) is 0.654. The molecular formula is C30H23N3O4S. The largest absolute Gasteiger partial charge is 0.489 e. The lowest BCUT2D eigenvalue weighted by Crippen LogP contribution is -2.38. The van der Waals surface area contributed by atoms with Crippen molar-refractivity contribution in [1.82, 2.24) is 4.57 Å². The first-order valence-electron chi connectivity index (χ1n) is 12.3. The van der Waals surface area contributed by atoms with Gasteiger partial charge < -0.3 is 4.74 Å². The van der Waals surface area contributed by atoms with E-state index in [1.54, 1.807) is 22.8 Å². The Bertz CT molecular complexity index is 1820. The number of nitro benzene ring substituents is 1. The van der Waals surface area contributed by atoms with Gasteiger partial charge in [0.15, 0.2) is 4.80 Å². The Morgan fingerprint density at radius 1 is 1.11 bits per heavy atom. The first kappa shape index (κ1) is 23.8. The molecule has 2 heterocycles. The van der Waals surface area contributed by atoms with Crippen molar-refractivity contribution in [2.45, 2.75) is 18.9 Å². The van der Waals surface area contributed by atoms with Crippen LogP contribution in [0.1, 0.15) is 34.7 Å². The number of fused-ring (bicyclic) bond motifs is 3. The molecule has 0 bridgehead atoms. The molecule has 0 saturated carbocycles. The predicted octanol–water partition coefficient (Wildman–Crippen LogP) is 4.79. The van der Waals surface area contributed by atoms with Gasteiger partial charge in [0, 0.05) is 23.3 Å². The number of aryl methyl sites for hydroxylation is 1. The molecule has 0 N–H and O–H groups in total. The normalized spacial score (nSPS) is 16.2. The fourth-order valence-corrected chi connectivity index (χ4v) is 6.14. The third-order valence-corrected chi connectivity index (χ3v) is 7.81. The van der Waals surface area contributed by atoms with E-state index < -0.39 is 11.0 Å². The van der Waals surface area contributed by atoms with Crippen molar-refractivity contribution in [3.05, 3.63) is 143 Å². The van der Waals surface area contributed by atoms with E-state index in [2.05, 4.69) is 18.7 Å². The highest BCUT2D eigenvalue weighted by molar-refractivity contribution is 7.07. The maximum absolute atomic E-state index is 13.9. The van der Waals surface area contributed by atoms with Crippen molar-refractivity contribution in [3.8, 4) is 5.75 Å². The zero-order valence-electron chi connectivity index (χ0n) is 20.4. The molecule has 6 rings (SSSR count). The minimum absolute atomic E-state index is 0.00622. The van der Waals surface area contributed by atoms with Crippen LogP contribution in [-0.2, 0) is 6.42 Å². The van der Waals surface area contributed by atoms with Gasteiger partial charge in [-0.2, -0.15) is 0 Å². The molecule has 0 amide bonds. The van der Waals surface area contributed by atoms with Gasteiger partial charge in [-0.1, -0.05) is 78.6 Å². The van der Waals surface area contributed by atoms with Gasteiger partial charge in [-0.25, -0.2) is 4.99 Å². The fourth-order valence-electron chi connectivity index (χ4n) is 5.15. The van der Waals surface area contributed by atoms with Gasteiger partial charge in [-0.05, 0) is 41.7 Å². The van der Waals surface area contributed by atoms with Crippen LogP contribution >= 0.6 is 11.3 Å². The summed E-state index contributed by atoms with van der Waals surface area (Å²) in [6, 6.07) is 21.8. The highest BCUT2D eigenvalue weighted by Gasteiger charge is 2.33. The molecule has 0 spiro atoms. The summed E-state index contributed by atoms with van der Waals surface area (Å²) in [6.07, 6.45) is 5.02. The van der Waals surface area contributed by atoms with E-state index in [1.165, 1.54) is 23.0 Å². The molecule has 3 aromatic carbocycles. The Hall–Kier alpha value is -4.56. The number of rotatable bonds is 6. The fraction of sp³-hybridized carbons (Fsp3) is 0.133. The second kappa shape index (κ2) is 9.72. The standard InChI is InChI=1S/C30H23N3O4S/c1-2-16-37-25-13-6-4-9-20(25)18-26-29(34)32-28(21-10-7-11-22(17-21)33(35)36)24-15-14-19-8-3-5-12-23(19)27(24)31-30(32)38-26/h2-13,17-18,28H,1,14-16H2. The number of non-ortho nitro benzene ring substituents is 1. The Labute approximate surface area is 222 Å². The van der Waals surface area contributed by atoms with Crippen molar-refractivity contribution < 1.29 is 9.66 Å². The molecule has 0 radical (unpaired) electrons. The number of benzene rings is 3. The second-order valence-electron chi connectivity index (χ2n) is 9.10. The lowest BCUT2D eigenvalue weighted by atomic mass is 9.83. The van der Waals surface area contributed by atoms with E-state index in [4.69, 9.17) is 9.73 Å². The molecule has 0 saturated heterocycles. The second-order valence-corrected chi connectivity index (χ2v) is 10.1. The lowest BCUT2D eigenvalue weighted by Gasteiger charge is -2.30. The number of para-hydroxylation sites is 1. The summed E-state index contributed by atoms with van der Waals surface area (Å²) in [5, 5.41) is 11.6. The average Bonchev–Trinajstić information content (AvgIpc) is 3.25. The van der Waals surface area contributed by atoms with Crippen molar-refractivity contribution in [3.63, 3.8) is 0 Å². The van der Waals surface area contributed by atoms with Gasteiger partial charge in [0.25, 0.3) is 11.2 Å². The molecule has 1 aliphatic heterocycles. The number of hydrogen-bond acceptors (Lipinski definition) is 6. The van der Waals surface area contributed by atoms with E-state index in [0.29, 0.717) is 33.7 Å². The van der Waals surface area contributed by atoms with Crippen LogP contribution in [0.15, 0.2) is 101 Å². The number of nitrogens with zero attached hydrogens (tertiary/aromatic N) is 3. The summed E-state index contributed by atoms with van der Waals surface area (Å²) in [4.78, 5) is 30.7. The van der Waals surface area contributed by atoms with Crippen LogP contribution in [-0.4, -0.2) is 16.1 Å². The molecule has 1 unspecified atom stereocenters. The summed E-state index contributed by atoms with van der Waals surface area (Å²) in [5.41, 5.74) is 5.39. The zero-order chi connectivity index (χ0) is 26.2. The Morgan fingerprint density at radius 3 is 2.76 bits per heavy atom. The van der Waals surface area contributed by atoms with E-state index in [9.17, 15) is 14.9 Å². The number of hydrogen-bond donors (Lipinski definition) is 0. The number of allylic oxidation sites excluding steroid dienone is 1. The molecule has 1 atom stereocenters. The molecule has 0 fully saturated rings. The summed E-state index contributed by atoms with van der Waals surface area (Å²) in [7, 11) is 0. The molecule has 7 nitrogen and oxygen atoms in total. The van der Waals surface area contributed by atoms with Gasteiger partial charge in [0.2, 0.25) is 0 Å². The quantitative estimate of drug-likeness (QED) is 0.207. The molecule has 188 valence electrons. The molecule has 1 aromatic heterocycles. The Morgan fingerprint density at radius 2 is 1.92 bits per heavy atom. The Balaban J connectivity index is 1.60. The lowest BCUT2D eigenvalue weighted by molar-refractivity contribution is -0.384.